The number of nitrogens with zero attached hydrogens (tertiary/aromatic N) is 1. The normalized spacial score (nSPS) is 27.1. The van der Waals surface area contributed by atoms with Crippen LogP contribution >= 0.6 is 45.2 Å². The van der Waals surface area contributed by atoms with Gasteiger partial charge in [-0.25, -0.2) is 14.1 Å². The second-order valence-electron chi connectivity index (χ2n) is 12.4. The molecule has 4 saturated carbocycles. The molecule has 8 rings (SSSR count). The molecule has 1 aliphatic heterocycles. The van der Waals surface area contributed by atoms with Gasteiger partial charge in [0.1, 0.15) is 23.7 Å². The van der Waals surface area contributed by atoms with Gasteiger partial charge < -0.3 is 4.74 Å². The maximum Gasteiger partial charge on any atom is 0.335 e. The molecular weight excluding hydrogens is 773 g/mol. The maximum absolute atomic E-state index is 13.6. The lowest BCUT2D eigenvalue weighted by atomic mass is 9.48. The topological polar surface area (TPSA) is 75.7 Å². The standard InChI is InChI=1S/C34H29FI2N2O4/c35-25-3-1-2-19(11-25)18-43-30-28(36)13-20(14-29(30)37)12-27-31(40)38-33(42)39(32(27)41)26-6-4-24(5-7-26)34-15-21-8-22(16-34)10-23(9-21)17-34/h1-7,11-14,21-23H,8-10,15-18H2,(H,38,40,42)/b27-12+. The summed E-state index contributed by atoms with van der Waals surface area (Å²) in [5.41, 5.74) is 3.17. The molecule has 43 heavy (non-hydrogen) atoms. The number of nitrogens with one attached hydrogen (secondary N) is 1. The molecule has 9 heteroatoms. The Kier molecular flexibility index (Phi) is 7.59. The molecule has 5 fully saturated rings. The van der Waals surface area contributed by atoms with Crippen LogP contribution in [0.2, 0.25) is 0 Å². The number of barbiturate groups is 1. The molecule has 0 aromatic heterocycles. The van der Waals surface area contributed by atoms with Crippen LogP contribution in [0.3, 0.4) is 0 Å². The number of imide groups is 2. The highest BCUT2D eigenvalue weighted by Gasteiger charge is 2.51. The molecule has 0 radical (unpaired) electrons. The van der Waals surface area contributed by atoms with Crippen molar-refractivity contribution in [1.82, 2.24) is 5.32 Å². The van der Waals surface area contributed by atoms with Crippen LogP contribution in [0.4, 0.5) is 14.9 Å². The van der Waals surface area contributed by atoms with E-state index in [-0.39, 0.29) is 23.4 Å². The van der Waals surface area contributed by atoms with Gasteiger partial charge in [-0.15, -0.1) is 0 Å². The van der Waals surface area contributed by atoms with Crippen molar-refractivity contribution in [3.63, 3.8) is 0 Å². The Balaban J connectivity index is 1.12. The number of anilines is 1. The number of hydrogen-bond donors (Lipinski definition) is 1. The SMILES string of the molecule is O=C1NC(=O)N(c2ccc(C34CC5CC(CC(C5)C3)C4)cc2)C(=O)/C1=C/c1cc(I)c(OCc2cccc(F)c2)c(I)c1. The Morgan fingerprint density at radius 1 is 0.907 bits per heavy atom. The van der Waals surface area contributed by atoms with Crippen molar-refractivity contribution in [2.75, 3.05) is 4.90 Å². The highest BCUT2D eigenvalue weighted by atomic mass is 127. The lowest BCUT2D eigenvalue weighted by Crippen LogP contribution is -2.54. The first-order chi connectivity index (χ1) is 20.7. The first-order valence-corrected chi connectivity index (χ1v) is 16.7. The second-order valence-corrected chi connectivity index (χ2v) is 14.8. The summed E-state index contributed by atoms with van der Waals surface area (Å²) in [6, 6.07) is 16.9. The maximum atomic E-state index is 13.6. The average molecular weight is 802 g/mol. The molecule has 3 aromatic carbocycles. The molecule has 5 aliphatic rings. The van der Waals surface area contributed by atoms with Crippen LogP contribution in [0.15, 0.2) is 66.2 Å². The first-order valence-electron chi connectivity index (χ1n) is 14.6. The van der Waals surface area contributed by atoms with Crippen LogP contribution in [0.1, 0.15) is 55.2 Å². The summed E-state index contributed by atoms with van der Waals surface area (Å²) in [4.78, 5) is 40.4. The zero-order valence-electron chi connectivity index (χ0n) is 23.2. The summed E-state index contributed by atoms with van der Waals surface area (Å²) in [6.45, 7) is 0.198. The number of carbonyl (C=O) groups is 3. The van der Waals surface area contributed by atoms with Crippen LogP contribution < -0.4 is 15.0 Å². The molecule has 0 unspecified atom stereocenters. The molecule has 220 valence electrons. The minimum Gasteiger partial charge on any atom is -0.487 e. The lowest BCUT2D eigenvalue weighted by Gasteiger charge is -2.57. The highest BCUT2D eigenvalue weighted by molar-refractivity contribution is 14.1. The van der Waals surface area contributed by atoms with Crippen LogP contribution in [0, 0.1) is 30.7 Å². The van der Waals surface area contributed by atoms with Gasteiger partial charge in [0.2, 0.25) is 0 Å². The summed E-state index contributed by atoms with van der Waals surface area (Å²) in [5.74, 6) is 1.37. The largest absolute Gasteiger partial charge is 0.487 e. The molecule has 1 heterocycles. The van der Waals surface area contributed by atoms with E-state index in [2.05, 4.69) is 62.6 Å². The third-order valence-corrected chi connectivity index (χ3v) is 11.1. The van der Waals surface area contributed by atoms with Gasteiger partial charge in [-0.3, -0.25) is 14.9 Å². The minimum absolute atomic E-state index is 0.121. The fourth-order valence-corrected chi connectivity index (χ4v) is 10.2. The molecular formula is C34H29FI2N2O4. The van der Waals surface area contributed by atoms with E-state index in [1.54, 1.807) is 24.3 Å². The monoisotopic (exact) mass is 802 g/mol. The van der Waals surface area contributed by atoms with Gasteiger partial charge in [-0.2, -0.15) is 0 Å². The van der Waals surface area contributed by atoms with E-state index in [0.29, 0.717) is 22.6 Å². The number of ether oxygens (including phenoxy) is 1. The first kappa shape index (κ1) is 28.9. The Bertz CT molecular complexity index is 1630. The number of hydrogen-bond acceptors (Lipinski definition) is 4. The number of halogens is 3. The van der Waals surface area contributed by atoms with Gasteiger partial charge in [-0.1, -0.05) is 24.3 Å². The zero-order valence-corrected chi connectivity index (χ0v) is 27.6. The van der Waals surface area contributed by atoms with Crippen molar-refractivity contribution in [3.8, 4) is 5.75 Å². The number of rotatable bonds is 6. The van der Waals surface area contributed by atoms with Crippen molar-refractivity contribution < 1.29 is 23.5 Å². The van der Waals surface area contributed by atoms with Gasteiger partial charge in [0.05, 0.1) is 12.8 Å². The smallest absolute Gasteiger partial charge is 0.335 e. The molecule has 1 N–H and O–H groups in total. The molecule has 0 spiro atoms. The summed E-state index contributed by atoms with van der Waals surface area (Å²) in [6.07, 6.45) is 9.30. The van der Waals surface area contributed by atoms with E-state index >= 15 is 0 Å². The van der Waals surface area contributed by atoms with Crippen molar-refractivity contribution in [2.45, 2.75) is 50.5 Å². The van der Waals surface area contributed by atoms with E-state index in [1.807, 2.05) is 12.1 Å². The number of benzene rings is 3. The predicted octanol–water partition coefficient (Wildman–Crippen LogP) is 7.75. The highest BCUT2D eigenvalue weighted by Crippen LogP contribution is 2.60. The third kappa shape index (κ3) is 5.51. The van der Waals surface area contributed by atoms with Gasteiger partial charge in [0, 0.05) is 0 Å². The molecule has 0 atom stereocenters. The van der Waals surface area contributed by atoms with E-state index in [4.69, 9.17) is 4.74 Å². The Morgan fingerprint density at radius 3 is 2.14 bits per heavy atom. The van der Waals surface area contributed by atoms with Crippen LogP contribution in [-0.4, -0.2) is 17.8 Å². The van der Waals surface area contributed by atoms with Crippen molar-refractivity contribution in [1.29, 1.82) is 0 Å². The van der Waals surface area contributed by atoms with Crippen molar-refractivity contribution >= 4 is 74.8 Å². The average Bonchev–Trinajstić information content (AvgIpc) is 2.94. The Hall–Kier alpha value is -2.80. The number of carbonyl (C=O) groups excluding carboxylic acids is 3. The van der Waals surface area contributed by atoms with Crippen molar-refractivity contribution in [2.24, 2.45) is 17.8 Å². The number of amides is 4. The van der Waals surface area contributed by atoms with Crippen LogP contribution in [0.5, 0.6) is 5.75 Å². The minimum atomic E-state index is -0.750. The summed E-state index contributed by atoms with van der Waals surface area (Å²) < 4.78 is 21.1. The second kappa shape index (κ2) is 11.3. The van der Waals surface area contributed by atoms with E-state index in [9.17, 15) is 18.8 Å². The Morgan fingerprint density at radius 2 is 1.53 bits per heavy atom. The quantitative estimate of drug-likeness (QED) is 0.157. The van der Waals surface area contributed by atoms with Gasteiger partial charge in [0.15, 0.2) is 0 Å². The lowest BCUT2D eigenvalue weighted by molar-refractivity contribution is -0.122. The molecule has 3 aromatic rings. The van der Waals surface area contributed by atoms with E-state index in [1.165, 1.54) is 62.3 Å². The van der Waals surface area contributed by atoms with Crippen LogP contribution in [0.25, 0.3) is 6.08 Å². The molecule has 1 saturated heterocycles. The summed E-state index contributed by atoms with van der Waals surface area (Å²) in [5, 5.41) is 2.34. The molecule has 4 aliphatic carbocycles. The molecule has 4 amide bonds. The fraction of sp³-hybridized carbons (Fsp3) is 0.324. The van der Waals surface area contributed by atoms with E-state index in [0.717, 1.165) is 29.8 Å². The summed E-state index contributed by atoms with van der Waals surface area (Å²) >= 11 is 4.27. The number of urea groups is 1. The van der Waals surface area contributed by atoms with Gasteiger partial charge >= 0.3 is 6.03 Å². The molecule has 4 bridgehead atoms. The fourth-order valence-electron chi connectivity index (χ4n) is 8.07. The van der Waals surface area contributed by atoms with E-state index < -0.39 is 17.8 Å². The Labute approximate surface area is 276 Å². The molecule has 6 nitrogen and oxygen atoms in total. The van der Waals surface area contributed by atoms with Gasteiger partial charge in [0.25, 0.3) is 11.8 Å². The predicted molar refractivity (Wildman–Crippen MR) is 178 cm³/mol. The van der Waals surface area contributed by atoms with Crippen molar-refractivity contribution in [3.05, 3.63) is 95.9 Å². The van der Waals surface area contributed by atoms with Gasteiger partial charge in [-0.05, 0) is 166 Å². The summed E-state index contributed by atoms with van der Waals surface area (Å²) in [7, 11) is 0. The zero-order chi connectivity index (χ0) is 29.9. The third-order valence-electron chi connectivity index (χ3n) is 9.48. The van der Waals surface area contributed by atoms with Crippen LogP contribution in [-0.2, 0) is 21.6 Å².